The number of rotatable bonds is 4. The molecule has 0 bridgehead atoms. The minimum Gasteiger partial charge on any atom is -0.309 e. The first-order valence-electron chi connectivity index (χ1n) is 19.3. The van der Waals surface area contributed by atoms with Gasteiger partial charge in [-0.1, -0.05) is 139 Å². The molecule has 264 valence electrons. The van der Waals surface area contributed by atoms with Gasteiger partial charge in [-0.3, -0.25) is 0 Å². The largest absolute Gasteiger partial charge is 0.309 e. The lowest BCUT2D eigenvalue weighted by Crippen LogP contribution is -2.34. The molecule has 0 saturated carbocycles. The van der Waals surface area contributed by atoms with Crippen molar-refractivity contribution in [3.8, 4) is 51.0 Å². The van der Waals surface area contributed by atoms with Crippen molar-refractivity contribution >= 4 is 21.8 Å². The summed E-state index contributed by atoms with van der Waals surface area (Å²) in [7, 11) is 0. The van der Waals surface area contributed by atoms with Gasteiger partial charge < -0.3 is 4.57 Å². The van der Waals surface area contributed by atoms with Crippen LogP contribution in [-0.4, -0.2) is 19.5 Å². The lowest BCUT2D eigenvalue weighted by molar-refractivity contribution is 0.334. The topological polar surface area (TPSA) is 43.6 Å². The standard InChI is InChI=1S/C50H44N4/c1-48(2)28-29-49(3,4)43-40(48)27-26-38-37-17-11-13-19-42(37)54(44(38)43)34-23-20-32(21-24-34)46-51-45(31-14-8-7-9-15-31)52-47(53-46)33-22-25-36-35-16-10-12-18-39(35)50(5,6)41(36)30-33/h7-27,30H,28-29H2,1-6H3. The Bertz CT molecular complexity index is 2780. The van der Waals surface area contributed by atoms with E-state index >= 15 is 0 Å². The summed E-state index contributed by atoms with van der Waals surface area (Å²) in [6.07, 6.45) is 2.34. The van der Waals surface area contributed by atoms with Crippen LogP contribution in [0.2, 0.25) is 0 Å². The molecule has 10 rings (SSSR count). The molecule has 0 unspecified atom stereocenters. The highest BCUT2D eigenvalue weighted by atomic mass is 15.0. The first-order chi connectivity index (χ1) is 26.0. The van der Waals surface area contributed by atoms with Gasteiger partial charge in [0.25, 0.3) is 0 Å². The third-order valence-electron chi connectivity index (χ3n) is 12.5. The van der Waals surface area contributed by atoms with Crippen molar-refractivity contribution in [2.75, 3.05) is 0 Å². The van der Waals surface area contributed by atoms with Gasteiger partial charge in [0.2, 0.25) is 0 Å². The summed E-state index contributed by atoms with van der Waals surface area (Å²) in [5.41, 5.74) is 14.9. The molecule has 0 spiro atoms. The zero-order valence-electron chi connectivity index (χ0n) is 31.9. The molecule has 2 heterocycles. The summed E-state index contributed by atoms with van der Waals surface area (Å²) in [6, 6.07) is 48.1. The quantitative estimate of drug-likeness (QED) is 0.184. The zero-order valence-corrected chi connectivity index (χ0v) is 31.9. The van der Waals surface area contributed by atoms with E-state index in [0.717, 1.165) is 28.8 Å². The number of benzene rings is 6. The number of nitrogens with zero attached hydrogens (tertiary/aromatic N) is 4. The molecule has 0 saturated heterocycles. The Labute approximate surface area is 317 Å². The first-order valence-corrected chi connectivity index (χ1v) is 19.3. The predicted octanol–water partition coefficient (Wildman–Crippen LogP) is 12.6. The number of fused-ring (bicyclic) bond motifs is 8. The van der Waals surface area contributed by atoms with Crippen molar-refractivity contribution in [3.05, 3.63) is 156 Å². The van der Waals surface area contributed by atoms with Crippen molar-refractivity contribution in [2.45, 2.75) is 70.6 Å². The lowest BCUT2D eigenvalue weighted by atomic mass is 9.62. The van der Waals surface area contributed by atoms with E-state index in [1.165, 1.54) is 61.6 Å². The molecule has 4 heteroatoms. The molecular weight excluding hydrogens is 657 g/mol. The van der Waals surface area contributed by atoms with E-state index in [1.807, 2.05) is 18.2 Å². The summed E-state index contributed by atoms with van der Waals surface area (Å²) in [5.74, 6) is 2.01. The van der Waals surface area contributed by atoms with Gasteiger partial charge in [-0.2, -0.15) is 0 Å². The molecule has 2 aliphatic rings. The van der Waals surface area contributed by atoms with Crippen LogP contribution in [0.15, 0.2) is 133 Å². The van der Waals surface area contributed by atoms with Crippen molar-refractivity contribution < 1.29 is 0 Å². The molecule has 0 N–H and O–H groups in total. The molecule has 0 atom stereocenters. The molecule has 0 aliphatic heterocycles. The Morgan fingerprint density at radius 1 is 0.463 bits per heavy atom. The van der Waals surface area contributed by atoms with Crippen LogP contribution in [0.1, 0.15) is 76.6 Å². The second-order valence-electron chi connectivity index (χ2n) is 17.2. The van der Waals surface area contributed by atoms with E-state index in [4.69, 9.17) is 15.0 Å². The van der Waals surface area contributed by atoms with Gasteiger partial charge in [0.05, 0.1) is 11.0 Å². The second-order valence-corrected chi connectivity index (χ2v) is 17.2. The molecule has 2 aliphatic carbocycles. The van der Waals surface area contributed by atoms with Crippen LogP contribution in [0.5, 0.6) is 0 Å². The molecule has 4 nitrogen and oxygen atoms in total. The molecule has 0 radical (unpaired) electrons. The average Bonchev–Trinajstić information content (AvgIpc) is 3.65. The highest BCUT2D eigenvalue weighted by Crippen LogP contribution is 2.51. The zero-order chi connectivity index (χ0) is 37.0. The molecule has 8 aromatic rings. The molecule has 2 aromatic heterocycles. The summed E-state index contributed by atoms with van der Waals surface area (Å²) in [5, 5.41) is 2.60. The average molecular weight is 701 g/mol. The SMILES string of the molecule is CC1(C)CCC(C)(C)c2c1ccc1c3ccccc3n(-c3ccc(-c4nc(-c5ccccc5)nc(-c5ccc6c(c5)C(C)(C)c5ccccc5-6)n4)cc3)c21. The van der Waals surface area contributed by atoms with Crippen LogP contribution in [0.3, 0.4) is 0 Å². The van der Waals surface area contributed by atoms with Crippen LogP contribution in [0, 0.1) is 0 Å². The normalized spacial score (nSPS) is 16.3. The maximum absolute atomic E-state index is 5.18. The minimum atomic E-state index is -0.118. The summed E-state index contributed by atoms with van der Waals surface area (Å²) in [6.45, 7) is 14.3. The number of hydrogen-bond donors (Lipinski definition) is 0. The minimum absolute atomic E-state index is 0.0567. The van der Waals surface area contributed by atoms with Crippen LogP contribution in [0.4, 0.5) is 0 Å². The van der Waals surface area contributed by atoms with Crippen LogP contribution in [-0.2, 0) is 16.2 Å². The Hall–Kier alpha value is -5.87. The highest BCUT2D eigenvalue weighted by Gasteiger charge is 2.40. The highest BCUT2D eigenvalue weighted by molar-refractivity contribution is 6.11. The smallest absolute Gasteiger partial charge is 0.164 e. The second kappa shape index (κ2) is 11.6. The summed E-state index contributed by atoms with van der Waals surface area (Å²) < 4.78 is 2.50. The predicted molar refractivity (Wildman–Crippen MR) is 223 cm³/mol. The Balaban J connectivity index is 1.13. The van der Waals surface area contributed by atoms with Gasteiger partial charge in [0.15, 0.2) is 17.5 Å². The van der Waals surface area contributed by atoms with Crippen LogP contribution in [0.25, 0.3) is 72.8 Å². The third-order valence-corrected chi connectivity index (χ3v) is 12.5. The maximum atomic E-state index is 5.18. The number of para-hydroxylation sites is 1. The summed E-state index contributed by atoms with van der Waals surface area (Å²) in [4.78, 5) is 15.4. The fourth-order valence-corrected chi connectivity index (χ4v) is 9.41. The molecule has 6 aromatic carbocycles. The Kier molecular flexibility index (Phi) is 7.01. The van der Waals surface area contributed by atoms with Gasteiger partial charge >= 0.3 is 0 Å². The van der Waals surface area contributed by atoms with E-state index < -0.39 is 0 Å². The molecule has 0 amide bonds. The van der Waals surface area contributed by atoms with Crippen molar-refractivity contribution in [1.82, 2.24) is 19.5 Å². The van der Waals surface area contributed by atoms with E-state index in [0.29, 0.717) is 17.5 Å². The number of aromatic nitrogens is 4. The van der Waals surface area contributed by atoms with Gasteiger partial charge in [-0.15, -0.1) is 0 Å². The van der Waals surface area contributed by atoms with Crippen LogP contribution < -0.4 is 0 Å². The monoisotopic (exact) mass is 700 g/mol. The third kappa shape index (κ3) is 4.85. The number of hydrogen-bond acceptors (Lipinski definition) is 3. The molecule has 0 fully saturated rings. The molecule has 54 heavy (non-hydrogen) atoms. The molecular formula is C50H44N4. The van der Waals surface area contributed by atoms with Gasteiger partial charge in [-0.25, -0.2) is 15.0 Å². The van der Waals surface area contributed by atoms with Gasteiger partial charge in [-0.05, 0) is 93.5 Å². The van der Waals surface area contributed by atoms with Gasteiger partial charge in [0, 0.05) is 38.6 Å². The van der Waals surface area contributed by atoms with E-state index in [1.54, 1.807) is 0 Å². The summed E-state index contributed by atoms with van der Waals surface area (Å²) >= 11 is 0. The van der Waals surface area contributed by atoms with E-state index in [9.17, 15) is 0 Å². The van der Waals surface area contributed by atoms with Gasteiger partial charge in [0.1, 0.15) is 0 Å². The maximum Gasteiger partial charge on any atom is 0.164 e. The van der Waals surface area contributed by atoms with Crippen molar-refractivity contribution in [1.29, 1.82) is 0 Å². The van der Waals surface area contributed by atoms with Crippen molar-refractivity contribution in [3.63, 3.8) is 0 Å². The Morgan fingerprint density at radius 2 is 1.06 bits per heavy atom. The van der Waals surface area contributed by atoms with E-state index in [-0.39, 0.29) is 16.2 Å². The Morgan fingerprint density at radius 3 is 1.81 bits per heavy atom. The first kappa shape index (κ1) is 32.8. The fraction of sp³-hybridized carbons (Fsp3) is 0.220. The lowest BCUT2D eigenvalue weighted by Gasteiger charge is -2.42. The van der Waals surface area contributed by atoms with Crippen molar-refractivity contribution in [2.24, 2.45) is 0 Å². The fourth-order valence-electron chi connectivity index (χ4n) is 9.41. The van der Waals surface area contributed by atoms with E-state index in [2.05, 4.69) is 161 Å². The van der Waals surface area contributed by atoms with Crippen LogP contribution >= 0.6 is 0 Å².